The Hall–Kier alpha value is -3.99. The van der Waals surface area contributed by atoms with Crippen LogP contribution in [0.2, 0.25) is 0 Å². The molecule has 0 saturated carbocycles. The number of nitrogens with zero attached hydrogens (tertiary/aromatic N) is 5. The minimum atomic E-state index is -1.09. The maximum absolute atomic E-state index is 14.9. The van der Waals surface area contributed by atoms with Crippen molar-refractivity contribution in [3.63, 3.8) is 0 Å². The highest BCUT2D eigenvalue weighted by molar-refractivity contribution is 5.87. The van der Waals surface area contributed by atoms with Crippen molar-refractivity contribution < 1.29 is 18.7 Å². The zero-order valence-corrected chi connectivity index (χ0v) is 20.0. The van der Waals surface area contributed by atoms with Gasteiger partial charge in [0, 0.05) is 23.7 Å². The highest BCUT2D eigenvalue weighted by atomic mass is 19.1. The standard InChI is InChI=1S/C25H25F2N7O2/c1-12(2)24-14-8-13(9-15(26)23(14)33-34(24)3)22-16(27)10-28-25(32-22)31-21-7-6-17-18(30-21)4-5-19(29-17)20(36)11-35/h6-12,19-20,29,36H,4-5H2,1-3H3,(H,28,30,31,32). The Morgan fingerprint density at radius 2 is 2.03 bits per heavy atom. The SMILES string of the molecule is CC(C)c1c2cc(-c3nc(Nc4ccc5c(n4)CCC(C(O)C=O)N5)ncc3F)cc(F)c2nn1C. The molecule has 2 atom stereocenters. The largest absolute Gasteiger partial charge is 0.383 e. The Bertz CT molecular complexity index is 1470. The molecule has 0 amide bonds. The Kier molecular flexibility index (Phi) is 6.09. The van der Waals surface area contributed by atoms with Crippen LogP contribution in [-0.2, 0) is 18.3 Å². The number of rotatable bonds is 6. The summed E-state index contributed by atoms with van der Waals surface area (Å²) in [4.78, 5) is 23.8. The van der Waals surface area contributed by atoms with E-state index in [-0.39, 0.29) is 34.7 Å². The Labute approximate surface area is 205 Å². The van der Waals surface area contributed by atoms with Crippen LogP contribution in [0.4, 0.5) is 26.2 Å². The van der Waals surface area contributed by atoms with Gasteiger partial charge in [-0.25, -0.2) is 23.7 Å². The molecule has 2 unspecified atom stereocenters. The van der Waals surface area contributed by atoms with Gasteiger partial charge in [-0.2, -0.15) is 5.10 Å². The summed E-state index contributed by atoms with van der Waals surface area (Å²) in [5, 5.41) is 20.8. The first-order valence-corrected chi connectivity index (χ1v) is 11.6. The average Bonchev–Trinajstić information content (AvgIpc) is 3.21. The summed E-state index contributed by atoms with van der Waals surface area (Å²) in [7, 11) is 1.76. The molecule has 0 radical (unpaired) electrons. The van der Waals surface area contributed by atoms with Crippen molar-refractivity contribution >= 4 is 34.6 Å². The molecule has 0 saturated heterocycles. The van der Waals surface area contributed by atoms with E-state index in [0.29, 0.717) is 30.3 Å². The van der Waals surface area contributed by atoms with Crippen LogP contribution in [0.1, 0.15) is 37.6 Å². The number of pyridine rings is 1. The molecule has 0 fully saturated rings. The van der Waals surface area contributed by atoms with E-state index in [1.165, 1.54) is 6.07 Å². The number of aliphatic hydroxyl groups is 1. The monoisotopic (exact) mass is 493 g/mol. The maximum atomic E-state index is 14.9. The molecule has 1 aliphatic heterocycles. The lowest BCUT2D eigenvalue weighted by atomic mass is 9.99. The number of aliphatic hydroxyl groups excluding tert-OH is 1. The van der Waals surface area contributed by atoms with E-state index in [2.05, 4.69) is 30.7 Å². The molecule has 36 heavy (non-hydrogen) atoms. The first-order valence-electron chi connectivity index (χ1n) is 11.6. The van der Waals surface area contributed by atoms with Gasteiger partial charge in [0.1, 0.15) is 23.1 Å². The van der Waals surface area contributed by atoms with Crippen molar-refractivity contribution in [3.05, 3.63) is 53.5 Å². The number of aromatic nitrogens is 5. The molecule has 9 nitrogen and oxygen atoms in total. The molecule has 4 heterocycles. The van der Waals surface area contributed by atoms with Gasteiger partial charge in [-0.1, -0.05) is 13.8 Å². The summed E-state index contributed by atoms with van der Waals surface area (Å²) in [5.41, 5.74) is 2.78. The highest BCUT2D eigenvalue weighted by Gasteiger charge is 2.25. The minimum absolute atomic E-state index is 0.0443. The third kappa shape index (κ3) is 4.26. The Balaban J connectivity index is 1.46. The average molecular weight is 494 g/mol. The fourth-order valence-corrected chi connectivity index (χ4v) is 4.65. The maximum Gasteiger partial charge on any atom is 0.229 e. The number of carbonyl (C=O) groups is 1. The fraction of sp³-hybridized carbons (Fsp3) is 0.320. The van der Waals surface area contributed by atoms with E-state index >= 15 is 0 Å². The van der Waals surface area contributed by atoms with E-state index in [4.69, 9.17) is 0 Å². The smallest absolute Gasteiger partial charge is 0.229 e. The van der Waals surface area contributed by atoms with Crippen molar-refractivity contribution in [1.29, 1.82) is 0 Å². The van der Waals surface area contributed by atoms with Crippen molar-refractivity contribution in [3.8, 4) is 11.3 Å². The summed E-state index contributed by atoms with van der Waals surface area (Å²) in [5.74, 6) is -0.606. The second kappa shape index (κ2) is 9.23. The molecule has 0 aliphatic carbocycles. The van der Waals surface area contributed by atoms with Crippen molar-refractivity contribution in [1.82, 2.24) is 24.7 Å². The summed E-state index contributed by atoms with van der Waals surface area (Å²) in [6, 6.07) is 6.01. The second-order valence-corrected chi connectivity index (χ2v) is 9.14. The number of hydrogen-bond acceptors (Lipinski definition) is 8. The molecule has 3 aromatic heterocycles. The molecule has 11 heteroatoms. The van der Waals surface area contributed by atoms with Gasteiger partial charge in [0.15, 0.2) is 17.9 Å². The van der Waals surface area contributed by atoms with Crippen molar-refractivity contribution in [2.75, 3.05) is 10.6 Å². The van der Waals surface area contributed by atoms with Crippen LogP contribution in [0, 0.1) is 11.6 Å². The lowest BCUT2D eigenvalue weighted by Gasteiger charge is -2.27. The number of aryl methyl sites for hydroxylation is 2. The van der Waals surface area contributed by atoms with Gasteiger partial charge in [0.25, 0.3) is 0 Å². The number of nitrogens with one attached hydrogen (secondary N) is 2. The molecule has 3 N–H and O–H groups in total. The Morgan fingerprint density at radius 3 is 2.78 bits per heavy atom. The summed E-state index contributed by atoms with van der Waals surface area (Å²) < 4.78 is 31.3. The molecule has 0 bridgehead atoms. The third-order valence-electron chi connectivity index (χ3n) is 6.30. The quantitative estimate of drug-likeness (QED) is 0.347. The zero-order valence-electron chi connectivity index (χ0n) is 20.0. The highest BCUT2D eigenvalue weighted by Crippen LogP contribution is 2.32. The molecule has 186 valence electrons. The number of halogens is 2. The Morgan fingerprint density at radius 1 is 1.22 bits per heavy atom. The van der Waals surface area contributed by atoms with Gasteiger partial charge in [-0.05, 0) is 43.0 Å². The predicted octanol–water partition coefficient (Wildman–Crippen LogP) is 3.86. The third-order valence-corrected chi connectivity index (χ3v) is 6.30. The molecule has 4 aromatic rings. The van der Waals surface area contributed by atoms with Gasteiger partial charge in [-0.3, -0.25) is 4.68 Å². The van der Waals surface area contributed by atoms with Gasteiger partial charge < -0.3 is 20.5 Å². The van der Waals surface area contributed by atoms with Crippen molar-refractivity contribution in [2.45, 2.75) is 44.8 Å². The molecule has 1 aromatic carbocycles. The number of benzene rings is 1. The lowest BCUT2D eigenvalue weighted by Crippen LogP contribution is -2.38. The summed E-state index contributed by atoms with van der Waals surface area (Å²) in [6.07, 6.45) is 1.56. The normalized spacial score (nSPS) is 16.0. The van der Waals surface area contributed by atoms with Crippen LogP contribution < -0.4 is 10.6 Å². The predicted molar refractivity (Wildman–Crippen MR) is 131 cm³/mol. The van der Waals surface area contributed by atoms with E-state index in [0.717, 1.165) is 23.3 Å². The van der Waals surface area contributed by atoms with Crippen molar-refractivity contribution in [2.24, 2.45) is 7.05 Å². The number of hydrogen-bond donors (Lipinski definition) is 3. The van der Waals surface area contributed by atoms with E-state index < -0.39 is 17.7 Å². The molecule has 5 rings (SSSR count). The van der Waals surface area contributed by atoms with Crippen LogP contribution in [0.15, 0.2) is 30.5 Å². The van der Waals surface area contributed by atoms with Gasteiger partial charge >= 0.3 is 0 Å². The minimum Gasteiger partial charge on any atom is -0.383 e. The second-order valence-electron chi connectivity index (χ2n) is 9.14. The van der Waals surface area contributed by atoms with Gasteiger partial charge in [0.2, 0.25) is 5.95 Å². The van der Waals surface area contributed by atoms with Gasteiger partial charge in [0.05, 0.1) is 23.6 Å². The molecule has 1 aliphatic rings. The van der Waals surface area contributed by atoms with E-state index in [1.807, 2.05) is 13.8 Å². The molecular formula is C25H25F2N7O2. The first-order chi connectivity index (χ1) is 17.2. The van der Waals surface area contributed by atoms with Gasteiger partial charge in [-0.15, -0.1) is 0 Å². The summed E-state index contributed by atoms with van der Waals surface area (Å²) >= 11 is 0. The van der Waals surface area contributed by atoms with Crippen LogP contribution in [0.3, 0.4) is 0 Å². The lowest BCUT2D eigenvalue weighted by molar-refractivity contribution is -0.115. The number of anilines is 3. The summed E-state index contributed by atoms with van der Waals surface area (Å²) in [6.45, 7) is 3.97. The number of aldehydes is 1. The van der Waals surface area contributed by atoms with Crippen LogP contribution in [0.5, 0.6) is 0 Å². The molecular weight excluding hydrogens is 468 g/mol. The van der Waals surface area contributed by atoms with Crippen LogP contribution in [-0.4, -0.2) is 48.3 Å². The van der Waals surface area contributed by atoms with E-state index in [1.54, 1.807) is 29.9 Å². The van der Waals surface area contributed by atoms with Crippen LogP contribution >= 0.6 is 0 Å². The zero-order chi connectivity index (χ0) is 25.6. The van der Waals surface area contributed by atoms with E-state index in [9.17, 15) is 18.7 Å². The molecule has 0 spiro atoms. The topological polar surface area (TPSA) is 118 Å². The fourth-order valence-electron chi connectivity index (χ4n) is 4.65. The number of fused-ring (bicyclic) bond motifs is 2. The first kappa shape index (κ1) is 23.7. The van der Waals surface area contributed by atoms with Crippen LogP contribution in [0.25, 0.3) is 22.2 Å². The number of carbonyl (C=O) groups excluding carboxylic acids is 1.